The fourth-order valence-corrected chi connectivity index (χ4v) is 13.5. The lowest BCUT2D eigenvalue weighted by Crippen LogP contribution is -2.10. The van der Waals surface area contributed by atoms with Gasteiger partial charge >= 0.3 is 0 Å². The minimum Gasteiger partial charge on any atom is -0.311 e. The summed E-state index contributed by atoms with van der Waals surface area (Å²) in [6.07, 6.45) is 8.31. The second kappa shape index (κ2) is 32.4. The molecule has 0 unspecified atom stereocenters. The van der Waals surface area contributed by atoms with Gasteiger partial charge in [0.25, 0.3) is 0 Å². The molecular formula is C100H72N6. The first-order valence-electron chi connectivity index (χ1n) is 35.5. The maximum atomic E-state index is 10.7. The molecule has 15 aromatic rings. The van der Waals surface area contributed by atoms with Crippen LogP contribution < -0.4 is 19.6 Å². The lowest BCUT2D eigenvalue weighted by molar-refractivity contribution is 1.28. The van der Waals surface area contributed by atoms with Crippen LogP contribution in [0.4, 0.5) is 68.2 Å². The fourth-order valence-electron chi connectivity index (χ4n) is 13.5. The van der Waals surface area contributed by atoms with Gasteiger partial charge in [0.05, 0.1) is 23.3 Å². The Morgan fingerprint density at radius 3 is 0.491 bits per heavy atom. The fraction of sp³-hybridized carbons (Fsp3) is 0. The van der Waals surface area contributed by atoms with E-state index in [1.54, 1.807) is 0 Å². The van der Waals surface area contributed by atoms with E-state index in [0.717, 1.165) is 135 Å². The van der Waals surface area contributed by atoms with Crippen molar-refractivity contribution in [2.75, 3.05) is 19.6 Å². The number of para-hydroxylation sites is 8. The third-order valence-corrected chi connectivity index (χ3v) is 18.7. The lowest BCUT2D eigenvalue weighted by Gasteiger charge is -2.26. The zero-order valence-electron chi connectivity index (χ0n) is 58.3. The van der Waals surface area contributed by atoms with Crippen molar-refractivity contribution in [2.24, 2.45) is 0 Å². The van der Waals surface area contributed by atoms with Gasteiger partial charge in [-0.1, -0.05) is 267 Å². The molecule has 0 atom stereocenters. The van der Waals surface area contributed by atoms with Crippen molar-refractivity contribution in [3.8, 4) is 12.1 Å². The number of hydrogen-bond donors (Lipinski definition) is 0. The van der Waals surface area contributed by atoms with Crippen LogP contribution in [-0.4, -0.2) is 0 Å². The van der Waals surface area contributed by atoms with E-state index < -0.39 is 0 Å². The Hall–Kier alpha value is -14.6. The van der Waals surface area contributed by atoms with Crippen molar-refractivity contribution in [3.63, 3.8) is 0 Å². The van der Waals surface area contributed by atoms with E-state index in [9.17, 15) is 10.5 Å². The van der Waals surface area contributed by atoms with E-state index in [1.807, 2.05) is 84.9 Å². The minimum absolute atomic E-state index is 0.510. The third kappa shape index (κ3) is 15.6. The van der Waals surface area contributed by atoms with Gasteiger partial charge in [-0.3, -0.25) is 0 Å². The van der Waals surface area contributed by atoms with Crippen molar-refractivity contribution in [1.82, 2.24) is 0 Å². The molecular weight excluding hydrogens is 1290 g/mol. The second-order valence-electron chi connectivity index (χ2n) is 25.6. The Labute approximate surface area is 621 Å². The van der Waals surface area contributed by atoms with Crippen molar-refractivity contribution >= 4 is 115 Å². The van der Waals surface area contributed by atoms with Crippen molar-refractivity contribution in [3.05, 3.63) is 468 Å². The van der Waals surface area contributed by atoms with Gasteiger partial charge in [0.1, 0.15) is 0 Å². The Balaban J connectivity index is 0.695. The van der Waals surface area contributed by atoms with Crippen LogP contribution in [0.25, 0.3) is 46.6 Å². The predicted molar refractivity (Wildman–Crippen MR) is 445 cm³/mol. The number of hydrogen-bond acceptors (Lipinski definition) is 6. The highest BCUT2D eigenvalue weighted by atomic mass is 15.2. The van der Waals surface area contributed by atoms with Gasteiger partial charge in [-0.05, 0) is 237 Å². The van der Waals surface area contributed by atoms with E-state index in [2.05, 4.69) is 384 Å². The molecule has 15 rings (SSSR count). The molecule has 0 aliphatic rings. The van der Waals surface area contributed by atoms with Gasteiger partial charge in [0.15, 0.2) is 0 Å². The maximum absolute atomic E-state index is 10.7. The summed E-state index contributed by atoms with van der Waals surface area (Å²) in [5.41, 5.74) is 25.4. The van der Waals surface area contributed by atoms with Gasteiger partial charge in [-0.2, -0.15) is 10.5 Å². The first-order chi connectivity index (χ1) is 52.5. The first kappa shape index (κ1) is 67.3. The van der Waals surface area contributed by atoms with Crippen LogP contribution in [0.3, 0.4) is 0 Å². The summed E-state index contributed by atoms with van der Waals surface area (Å²) >= 11 is 0. The summed E-state index contributed by atoms with van der Waals surface area (Å²) in [6.45, 7) is 0. The van der Waals surface area contributed by atoms with Crippen LogP contribution in [0.2, 0.25) is 0 Å². The molecule has 106 heavy (non-hydrogen) atoms. The molecule has 0 aromatic heterocycles. The zero-order valence-corrected chi connectivity index (χ0v) is 58.3. The summed E-state index contributed by atoms with van der Waals surface area (Å²) in [5.74, 6) is 0. The van der Waals surface area contributed by atoms with E-state index >= 15 is 0 Å². The monoisotopic (exact) mass is 1360 g/mol. The lowest BCUT2D eigenvalue weighted by atomic mass is 9.94. The summed E-state index contributed by atoms with van der Waals surface area (Å²) in [5, 5.41) is 21.3. The molecule has 0 aliphatic heterocycles. The van der Waals surface area contributed by atoms with Gasteiger partial charge in [-0.15, -0.1) is 0 Å². The van der Waals surface area contributed by atoms with Crippen LogP contribution in [-0.2, 0) is 0 Å². The van der Waals surface area contributed by atoms with E-state index in [-0.39, 0.29) is 0 Å². The number of allylic oxidation sites excluding steroid dienone is 2. The number of benzene rings is 15. The summed E-state index contributed by atoms with van der Waals surface area (Å²) in [6, 6.07) is 148. The van der Waals surface area contributed by atoms with Crippen molar-refractivity contribution in [2.45, 2.75) is 0 Å². The topological polar surface area (TPSA) is 60.5 Å². The molecule has 0 saturated carbocycles. The molecule has 0 heterocycles. The summed E-state index contributed by atoms with van der Waals surface area (Å²) < 4.78 is 0. The van der Waals surface area contributed by atoms with E-state index in [4.69, 9.17) is 0 Å². The second-order valence-corrected chi connectivity index (χ2v) is 25.6. The highest BCUT2D eigenvalue weighted by molar-refractivity contribution is 5.97. The van der Waals surface area contributed by atoms with Gasteiger partial charge < -0.3 is 19.6 Å². The summed E-state index contributed by atoms with van der Waals surface area (Å²) in [7, 11) is 0. The van der Waals surface area contributed by atoms with Crippen LogP contribution in [0.5, 0.6) is 0 Å². The highest BCUT2D eigenvalue weighted by Crippen LogP contribution is 2.42. The minimum atomic E-state index is 0.510. The Kier molecular flexibility index (Phi) is 20.6. The van der Waals surface area contributed by atoms with Gasteiger partial charge in [0.2, 0.25) is 0 Å². The standard InChI is InChI=1S/C100H72N6/c101-73-85(69-75-41-45-77(46-42-75)71-99(81-53-61-95(62-54-81)103(87-25-9-1-10-26-87)88-27-11-2-12-28-88)82-55-63-96(64-56-82)104(89-29-13-3-14-30-89)90-31-15-4-16-32-90)79-49-51-80(52-50-79)86(74-102)70-76-43-47-78(48-44-76)72-100(83-57-65-97(66-58-83)105(91-33-17-5-18-34-91)92-35-19-6-20-36-92)84-59-67-98(68-60-84)106(93-37-21-7-22-38-93)94-39-23-8-24-40-94/h1-72H/b85-69+,86-70+. The average Bonchev–Trinajstić information content (AvgIpc) is 0.804. The van der Waals surface area contributed by atoms with Crippen LogP contribution in [0.1, 0.15) is 55.6 Å². The molecule has 0 amide bonds. The van der Waals surface area contributed by atoms with Crippen molar-refractivity contribution in [1.29, 1.82) is 10.5 Å². The molecule has 0 N–H and O–H groups in total. The Bertz CT molecular complexity index is 4830. The Morgan fingerprint density at radius 1 is 0.170 bits per heavy atom. The molecule has 0 radical (unpaired) electrons. The molecule has 0 fully saturated rings. The molecule has 502 valence electrons. The SMILES string of the molecule is N#C/C(=C\c1ccc(C=C(c2ccc(N(c3ccccc3)c3ccccc3)cc2)c2ccc(N(c3ccccc3)c3ccccc3)cc2)cc1)c1ccc(/C(C#N)=C/c2ccc(C=C(c3ccc(N(c4ccccc4)c4ccccc4)cc3)c3ccc(N(c4ccccc4)c4ccccc4)cc3)cc2)cc1. The predicted octanol–water partition coefficient (Wildman–Crippen LogP) is 26.9. The quantitative estimate of drug-likeness (QED) is 0.0498. The number of nitriles is 2. The molecule has 0 saturated heterocycles. The zero-order chi connectivity index (χ0) is 71.6. The Morgan fingerprint density at radius 2 is 0.321 bits per heavy atom. The molecule has 6 heteroatoms. The van der Waals surface area contributed by atoms with Gasteiger partial charge in [-0.25, -0.2) is 0 Å². The molecule has 15 aromatic carbocycles. The first-order valence-corrected chi connectivity index (χ1v) is 35.5. The van der Waals surface area contributed by atoms with E-state index in [1.165, 1.54) is 0 Å². The van der Waals surface area contributed by atoms with E-state index in [0.29, 0.717) is 11.1 Å². The van der Waals surface area contributed by atoms with Crippen LogP contribution in [0, 0.1) is 22.7 Å². The van der Waals surface area contributed by atoms with Gasteiger partial charge in [0, 0.05) is 68.2 Å². The van der Waals surface area contributed by atoms with Crippen molar-refractivity contribution < 1.29 is 0 Å². The molecule has 6 nitrogen and oxygen atoms in total. The van der Waals surface area contributed by atoms with Crippen LogP contribution >= 0.6 is 0 Å². The average molecular weight is 1360 g/mol. The third-order valence-electron chi connectivity index (χ3n) is 18.7. The number of nitrogens with zero attached hydrogens (tertiary/aromatic N) is 6. The highest BCUT2D eigenvalue weighted by Gasteiger charge is 2.19. The number of rotatable bonds is 22. The molecule has 0 bridgehead atoms. The number of anilines is 12. The smallest absolute Gasteiger partial charge is 0.0998 e. The van der Waals surface area contributed by atoms with Crippen LogP contribution in [0.15, 0.2) is 413 Å². The summed E-state index contributed by atoms with van der Waals surface area (Å²) in [4.78, 5) is 9.10. The normalized spacial score (nSPS) is 11.1. The largest absolute Gasteiger partial charge is 0.311 e. The molecule has 0 spiro atoms. The maximum Gasteiger partial charge on any atom is 0.0998 e. The molecule has 0 aliphatic carbocycles.